The van der Waals surface area contributed by atoms with Crippen LogP contribution in [0, 0.1) is 13.8 Å². The SMILES string of the molecule is COc1cccc(NC(=O)C[NH+](C)Cc2c(C)nn(-c3ccccc3)c2C)c1. The smallest absolute Gasteiger partial charge is 0.279 e. The third kappa shape index (κ3) is 4.58. The number of carbonyl (C=O) groups is 1. The van der Waals surface area contributed by atoms with E-state index in [1.54, 1.807) is 7.11 Å². The number of hydrogen-bond donors (Lipinski definition) is 2. The minimum absolute atomic E-state index is 0.0310. The maximum absolute atomic E-state index is 12.4. The van der Waals surface area contributed by atoms with Crippen LogP contribution in [0.5, 0.6) is 5.75 Å². The molecule has 146 valence electrons. The minimum Gasteiger partial charge on any atom is -0.497 e. The van der Waals surface area contributed by atoms with Crippen LogP contribution in [0.2, 0.25) is 0 Å². The van der Waals surface area contributed by atoms with Gasteiger partial charge in [-0.05, 0) is 38.1 Å². The van der Waals surface area contributed by atoms with E-state index in [0.717, 1.165) is 40.0 Å². The highest BCUT2D eigenvalue weighted by molar-refractivity contribution is 5.91. The lowest BCUT2D eigenvalue weighted by atomic mass is 10.2. The van der Waals surface area contributed by atoms with Crippen molar-refractivity contribution >= 4 is 11.6 Å². The number of anilines is 1. The summed E-state index contributed by atoms with van der Waals surface area (Å²) in [4.78, 5) is 13.5. The van der Waals surface area contributed by atoms with E-state index in [1.807, 2.05) is 73.3 Å². The molecule has 0 aliphatic carbocycles. The fourth-order valence-corrected chi connectivity index (χ4v) is 3.30. The number of methoxy groups -OCH3 is 1. The number of amides is 1. The van der Waals surface area contributed by atoms with Crippen molar-refractivity contribution in [1.29, 1.82) is 0 Å². The fraction of sp³-hybridized carbons (Fsp3) is 0.273. The van der Waals surface area contributed by atoms with Gasteiger partial charge in [-0.2, -0.15) is 5.10 Å². The van der Waals surface area contributed by atoms with Crippen molar-refractivity contribution in [3.63, 3.8) is 0 Å². The largest absolute Gasteiger partial charge is 0.497 e. The second kappa shape index (κ2) is 8.71. The van der Waals surface area contributed by atoms with Crippen LogP contribution in [-0.4, -0.2) is 36.4 Å². The second-order valence-corrected chi connectivity index (χ2v) is 6.99. The van der Waals surface area contributed by atoms with E-state index in [9.17, 15) is 4.79 Å². The normalized spacial score (nSPS) is 11.9. The van der Waals surface area contributed by atoms with Crippen LogP contribution in [0.25, 0.3) is 5.69 Å². The standard InChI is InChI=1S/C22H26N4O2/c1-16-21(17(2)26(24-16)19-10-6-5-7-11-19)14-25(3)15-22(27)23-18-9-8-12-20(13-18)28-4/h5-13H,14-15H2,1-4H3,(H,23,27)/p+1. The highest BCUT2D eigenvalue weighted by atomic mass is 16.5. The molecule has 0 spiro atoms. The number of nitrogens with one attached hydrogen (secondary N) is 2. The summed E-state index contributed by atoms with van der Waals surface area (Å²) in [5, 5.41) is 7.62. The number of rotatable bonds is 7. The first-order valence-corrected chi connectivity index (χ1v) is 9.33. The quantitative estimate of drug-likeness (QED) is 0.661. The van der Waals surface area contributed by atoms with Gasteiger partial charge in [0.25, 0.3) is 5.91 Å². The van der Waals surface area contributed by atoms with Gasteiger partial charge in [-0.1, -0.05) is 24.3 Å². The minimum atomic E-state index is -0.0310. The summed E-state index contributed by atoms with van der Waals surface area (Å²) in [6, 6.07) is 17.5. The van der Waals surface area contributed by atoms with Crippen molar-refractivity contribution in [1.82, 2.24) is 9.78 Å². The monoisotopic (exact) mass is 379 g/mol. The number of benzene rings is 2. The van der Waals surface area contributed by atoms with Gasteiger partial charge in [-0.3, -0.25) is 4.79 Å². The molecule has 1 unspecified atom stereocenters. The highest BCUT2D eigenvalue weighted by Gasteiger charge is 2.18. The van der Waals surface area contributed by atoms with Crippen molar-refractivity contribution < 1.29 is 14.4 Å². The Hall–Kier alpha value is -3.12. The molecule has 28 heavy (non-hydrogen) atoms. The Morgan fingerprint density at radius 1 is 1.14 bits per heavy atom. The fourth-order valence-electron chi connectivity index (χ4n) is 3.30. The van der Waals surface area contributed by atoms with Gasteiger partial charge in [0.05, 0.1) is 36.8 Å². The lowest BCUT2D eigenvalue weighted by molar-refractivity contribution is -0.885. The number of likely N-dealkylation sites (N-methyl/N-ethyl adjacent to an activating group) is 1. The molecule has 6 nitrogen and oxygen atoms in total. The van der Waals surface area contributed by atoms with E-state index in [1.165, 1.54) is 5.56 Å². The molecule has 6 heteroatoms. The summed E-state index contributed by atoms with van der Waals surface area (Å²) in [6.45, 7) is 5.19. The molecular formula is C22H27N4O2+. The van der Waals surface area contributed by atoms with Crippen molar-refractivity contribution in [3.8, 4) is 11.4 Å². The topological polar surface area (TPSA) is 60.6 Å². The van der Waals surface area contributed by atoms with E-state index < -0.39 is 0 Å². The Labute approximate surface area is 165 Å². The molecule has 1 atom stereocenters. The van der Waals surface area contributed by atoms with E-state index in [4.69, 9.17) is 4.74 Å². The molecule has 0 radical (unpaired) electrons. The maximum atomic E-state index is 12.4. The van der Waals surface area contributed by atoms with Gasteiger partial charge < -0.3 is 15.0 Å². The zero-order valence-electron chi connectivity index (χ0n) is 16.8. The summed E-state index contributed by atoms with van der Waals surface area (Å²) in [5.41, 5.74) is 5.06. The molecule has 0 aliphatic heterocycles. The number of nitrogens with zero attached hydrogens (tertiary/aromatic N) is 2. The summed E-state index contributed by atoms with van der Waals surface area (Å²) < 4.78 is 7.16. The number of aromatic nitrogens is 2. The lowest BCUT2D eigenvalue weighted by Crippen LogP contribution is -3.08. The van der Waals surface area contributed by atoms with Crippen LogP contribution in [0.4, 0.5) is 5.69 Å². The number of hydrogen-bond acceptors (Lipinski definition) is 3. The second-order valence-electron chi connectivity index (χ2n) is 6.99. The molecule has 0 bridgehead atoms. The van der Waals surface area contributed by atoms with Crippen molar-refractivity contribution in [3.05, 3.63) is 71.5 Å². The van der Waals surface area contributed by atoms with Crippen LogP contribution in [0.3, 0.4) is 0 Å². The van der Waals surface area contributed by atoms with E-state index in [-0.39, 0.29) is 5.91 Å². The molecule has 0 fully saturated rings. The third-order valence-corrected chi connectivity index (χ3v) is 4.74. The van der Waals surface area contributed by atoms with Crippen LogP contribution in [0.15, 0.2) is 54.6 Å². The van der Waals surface area contributed by atoms with Gasteiger partial charge in [0.2, 0.25) is 0 Å². The van der Waals surface area contributed by atoms with Crippen LogP contribution in [0.1, 0.15) is 17.0 Å². The molecule has 1 heterocycles. The van der Waals surface area contributed by atoms with Gasteiger partial charge in [0.15, 0.2) is 6.54 Å². The summed E-state index contributed by atoms with van der Waals surface area (Å²) in [6.07, 6.45) is 0. The Kier molecular flexibility index (Phi) is 6.11. The van der Waals surface area contributed by atoms with E-state index >= 15 is 0 Å². The molecule has 2 N–H and O–H groups in total. The molecule has 3 rings (SSSR count). The Balaban J connectivity index is 1.65. The zero-order valence-corrected chi connectivity index (χ0v) is 16.8. The van der Waals surface area contributed by atoms with Crippen LogP contribution in [-0.2, 0) is 11.3 Å². The van der Waals surface area contributed by atoms with Crippen molar-refractivity contribution in [2.75, 3.05) is 26.0 Å². The lowest BCUT2D eigenvalue weighted by Gasteiger charge is -2.14. The van der Waals surface area contributed by atoms with Crippen molar-refractivity contribution in [2.45, 2.75) is 20.4 Å². The van der Waals surface area contributed by atoms with Gasteiger partial charge >= 0.3 is 0 Å². The number of para-hydroxylation sites is 1. The average molecular weight is 379 g/mol. The molecule has 0 saturated carbocycles. The molecule has 0 aliphatic rings. The third-order valence-electron chi connectivity index (χ3n) is 4.74. The van der Waals surface area contributed by atoms with Gasteiger partial charge in [-0.15, -0.1) is 0 Å². The molecular weight excluding hydrogens is 352 g/mol. The number of ether oxygens (including phenoxy) is 1. The molecule has 1 aromatic heterocycles. The van der Waals surface area contributed by atoms with Gasteiger partial charge in [0, 0.05) is 11.8 Å². The Morgan fingerprint density at radius 2 is 1.89 bits per heavy atom. The molecule has 3 aromatic rings. The Morgan fingerprint density at radius 3 is 2.61 bits per heavy atom. The predicted molar refractivity (Wildman–Crippen MR) is 110 cm³/mol. The molecule has 0 saturated heterocycles. The molecule has 2 aromatic carbocycles. The number of quaternary nitrogens is 1. The first-order valence-electron chi connectivity index (χ1n) is 9.33. The van der Waals surface area contributed by atoms with E-state index in [2.05, 4.69) is 17.3 Å². The highest BCUT2D eigenvalue weighted by Crippen LogP contribution is 2.17. The van der Waals surface area contributed by atoms with E-state index in [0.29, 0.717) is 6.54 Å². The summed E-state index contributed by atoms with van der Waals surface area (Å²) >= 11 is 0. The predicted octanol–water partition coefficient (Wildman–Crippen LogP) is 2.15. The summed E-state index contributed by atoms with van der Waals surface area (Å²) in [5.74, 6) is 0.689. The first-order chi connectivity index (χ1) is 13.5. The summed E-state index contributed by atoms with van der Waals surface area (Å²) in [7, 11) is 3.63. The number of aryl methyl sites for hydroxylation is 1. The van der Waals surface area contributed by atoms with Crippen molar-refractivity contribution in [2.24, 2.45) is 0 Å². The van der Waals surface area contributed by atoms with Crippen LogP contribution >= 0.6 is 0 Å². The zero-order chi connectivity index (χ0) is 20.1. The first kappa shape index (κ1) is 19.6. The Bertz CT molecular complexity index is 950. The molecule has 1 amide bonds. The number of carbonyl (C=O) groups excluding carboxylic acids is 1. The average Bonchev–Trinajstić information content (AvgIpc) is 2.97. The maximum Gasteiger partial charge on any atom is 0.279 e. The van der Waals surface area contributed by atoms with Gasteiger partial charge in [-0.25, -0.2) is 4.68 Å². The van der Waals surface area contributed by atoms with Gasteiger partial charge in [0.1, 0.15) is 12.3 Å². The van der Waals surface area contributed by atoms with Crippen LogP contribution < -0.4 is 15.0 Å².